The van der Waals surface area contributed by atoms with Crippen molar-refractivity contribution in [1.29, 1.82) is 0 Å². The van der Waals surface area contributed by atoms with Crippen molar-refractivity contribution >= 4 is 18.3 Å². The maximum absolute atomic E-state index is 13.8. The van der Waals surface area contributed by atoms with Gasteiger partial charge in [0.05, 0.1) is 24.9 Å². The highest BCUT2D eigenvalue weighted by atomic mass is 35.5. The number of nitrogens with zero attached hydrogens (tertiary/aromatic N) is 1. The van der Waals surface area contributed by atoms with Gasteiger partial charge in [-0.1, -0.05) is 6.07 Å². The molecule has 2 aromatic rings. The molecule has 0 radical (unpaired) electrons. The number of fused-ring (bicyclic) bond motifs is 2. The number of methoxy groups -OCH3 is 1. The van der Waals surface area contributed by atoms with E-state index in [1.807, 2.05) is 6.07 Å². The quantitative estimate of drug-likeness (QED) is 0.756. The lowest BCUT2D eigenvalue weighted by atomic mass is 9.79. The van der Waals surface area contributed by atoms with Gasteiger partial charge in [-0.3, -0.25) is 4.79 Å². The topological polar surface area (TPSA) is 74.0 Å². The van der Waals surface area contributed by atoms with E-state index >= 15 is 0 Å². The predicted octanol–water partition coefficient (Wildman–Crippen LogP) is 3.30. The minimum Gasteiger partial charge on any atom is -0.497 e. The van der Waals surface area contributed by atoms with Crippen LogP contribution in [0.5, 0.6) is 11.5 Å². The summed E-state index contributed by atoms with van der Waals surface area (Å²) in [6.07, 6.45) is 2.22. The molecule has 6 nitrogen and oxygen atoms in total. The van der Waals surface area contributed by atoms with Crippen LogP contribution in [-0.4, -0.2) is 50.8 Å². The van der Waals surface area contributed by atoms with Gasteiger partial charge in [-0.15, -0.1) is 12.4 Å². The Labute approximate surface area is 187 Å². The molecule has 4 rings (SSSR count). The van der Waals surface area contributed by atoms with E-state index in [0.717, 1.165) is 12.2 Å². The van der Waals surface area contributed by atoms with Crippen LogP contribution in [0.15, 0.2) is 36.4 Å². The monoisotopic (exact) mass is 450 g/mol. The Morgan fingerprint density at radius 1 is 1.23 bits per heavy atom. The summed E-state index contributed by atoms with van der Waals surface area (Å²) in [5.74, 6) is 0.501. The summed E-state index contributed by atoms with van der Waals surface area (Å²) in [6.45, 7) is 2.28. The van der Waals surface area contributed by atoms with E-state index in [2.05, 4.69) is 12.1 Å². The summed E-state index contributed by atoms with van der Waals surface area (Å²) in [4.78, 5) is 14.9. The van der Waals surface area contributed by atoms with Crippen LogP contribution in [0.1, 0.15) is 34.3 Å². The minimum atomic E-state index is -0.467. The van der Waals surface area contributed by atoms with Crippen molar-refractivity contribution in [3.63, 3.8) is 0 Å². The van der Waals surface area contributed by atoms with E-state index in [0.29, 0.717) is 44.8 Å². The number of piperidine rings is 1. The lowest BCUT2D eigenvalue weighted by Gasteiger charge is -2.45. The van der Waals surface area contributed by atoms with Gasteiger partial charge in [-0.2, -0.15) is 0 Å². The molecule has 8 heteroatoms. The van der Waals surface area contributed by atoms with Gasteiger partial charge in [0, 0.05) is 19.6 Å². The Morgan fingerprint density at radius 3 is 2.71 bits per heavy atom. The fourth-order valence-corrected chi connectivity index (χ4v) is 4.40. The number of ether oxygens (including phenoxy) is 3. The highest BCUT2D eigenvalue weighted by Crippen LogP contribution is 2.42. The Balaban J connectivity index is 0.00000272. The second-order valence-corrected chi connectivity index (χ2v) is 7.69. The smallest absolute Gasteiger partial charge is 0.257 e. The van der Waals surface area contributed by atoms with E-state index in [1.54, 1.807) is 12.0 Å². The van der Waals surface area contributed by atoms with Crippen LogP contribution in [0.2, 0.25) is 0 Å². The molecule has 1 amide bonds. The number of amides is 1. The van der Waals surface area contributed by atoms with Crippen molar-refractivity contribution in [2.45, 2.75) is 24.9 Å². The number of halogens is 2. The highest BCUT2D eigenvalue weighted by Gasteiger charge is 2.42. The molecule has 0 unspecified atom stereocenters. The van der Waals surface area contributed by atoms with Crippen LogP contribution in [0, 0.1) is 5.82 Å². The van der Waals surface area contributed by atoms with E-state index in [9.17, 15) is 9.18 Å². The third-order valence-electron chi connectivity index (χ3n) is 5.96. The predicted molar refractivity (Wildman–Crippen MR) is 118 cm³/mol. The number of rotatable bonds is 5. The molecule has 2 aliphatic rings. The van der Waals surface area contributed by atoms with Crippen molar-refractivity contribution in [2.24, 2.45) is 5.73 Å². The lowest BCUT2D eigenvalue weighted by molar-refractivity contribution is -0.0935. The van der Waals surface area contributed by atoms with Gasteiger partial charge in [0.25, 0.3) is 5.91 Å². The molecule has 1 fully saturated rings. The van der Waals surface area contributed by atoms with Gasteiger partial charge in [-0.05, 0) is 60.7 Å². The molecule has 0 saturated carbocycles. The first-order valence-electron chi connectivity index (χ1n) is 10.3. The number of hydrogen-bond acceptors (Lipinski definition) is 5. The summed E-state index contributed by atoms with van der Waals surface area (Å²) >= 11 is 0. The molecular formula is C23H28ClFN2O4. The number of carbonyl (C=O) groups is 1. The van der Waals surface area contributed by atoms with Crippen LogP contribution in [0.25, 0.3) is 0 Å². The van der Waals surface area contributed by atoms with E-state index in [1.165, 1.54) is 29.3 Å². The largest absolute Gasteiger partial charge is 0.497 e. The first-order chi connectivity index (χ1) is 14.6. The molecule has 0 bridgehead atoms. The van der Waals surface area contributed by atoms with Crippen molar-refractivity contribution in [2.75, 3.05) is 40.0 Å². The van der Waals surface area contributed by atoms with Crippen LogP contribution < -0.4 is 15.2 Å². The van der Waals surface area contributed by atoms with Crippen LogP contribution >= 0.6 is 12.4 Å². The molecule has 0 aliphatic carbocycles. The fourth-order valence-electron chi connectivity index (χ4n) is 4.40. The number of nitrogens with two attached hydrogens (primary N) is 1. The zero-order valence-electron chi connectivity index (χ0n) is 17.6. The molecule has 168 valence electrons. The maximum atomic E-state index is 13.8. The van der Waals surface area contributed by atoms with Gasteiger partial charge < -0.3 is 24.8 Å². The molecule has 2 N–H and O–H groups in total. The Morgan fingerprint density at radius 2 is 2.00 bits per heavy atom. The average Bonchev–Trinajstić information content (AvgIpc) is 2.78. The van der Waals surface area contributed by atoms with Crippen molar-refractivity contribution in [3.8, 4) is 11.5 Å². The number of benzene rings is 2. The normalized spacial score (nSPS) is 16.9. The minimum absolute atomic E-state index is 0. The molecular weight excluding hydrogens is 423 g/mol. The SMILES string of the molecule is COc1ccc2c(c1)CCOC21CCN(C(=O)c2cc(F)ccc2OCCN)CC1.Cl. The van der Waals surface area contributed by atoms with Crippen LogP contribution in [0.4, 0.5) is 4.39 Å². The lowest BCUT2D eigenvalue weighted by Crippen LogP contribution is -2.48. The summed E-state index contributed by atoms with van der Waals surface area (Å²) < 4.78 is 31.0. The Bertz CT molecular complexity index is 932. The summed E-state index contributed by atoms with van der Waals surface area (Å²) in [7, 11) is 1.67. The number of hydrogen-bond donors (Lipinski definition) is 1. The summed E-state index contributed by atoms with van der Waals surface area (Å²) in [5, 5.41) is 0. The van der Waals surface area contributed by atoms with Crippen LogP contribution in [-0.2, 0) is 16.8 Å². The van der Waals surface area contributed by atoms with Gasteiger partial charge in [-0.25, -0.2) is 4.39 Å². The Hall–Kier alpha value is -2.35. The Kier molecular flexibility index (Phi) is 7.41. The first-order valence-corrected chi connectivity index (χ1v) is 10.3. The van der Waals surface area contributed by atoms with Crippen molar-refractivity contribution in [3.05, 3.63) is 58.9 Å². The van der Waals surface area contributed by atoms with Crippen molar-refractivity contribution < 1.29 is 23.4 Å². The molecule has 2 aliphatic heterocycles. The number of likely N-dealkylation sites (tertiary alicyclic amines) is 1. The molecule has 2 heterocycles. The average molecular weight is 451 g/mol. The zero-order valence-corrected chi connectivity index (χ0v) is 18.4. The zero-order chi connectivity index (χ0) is 21.1. The molecule has 1 spiro atoms. The van der Waals surface area contributed by atoms with Gasteiger partial charge in [0.2, 0.25) is 0 Å². The second kappa shape index (κ2) is 9.85. The molecule has 0 aromatic heterocycles. The van der Waals surface area contributed by atoms with E-state index in [4.69, 9.17) is 19.9 Å². The fraction of sp³-hybridized carbons (Fsp3) is 0.435. The van der Waals surface area contributed by atoms with Crippen molar-refractivity contribution in [1.82, 2.24) is 4.90 Å². The molecule has 0 atom stereocenters. The van der Waals surface area contributed by atoms with E-state index in [-0.39, 0.29) is 30.5 Å². The summed E-state index contributed by atoms with van der Waals surface area (Å²) in [6, 6.07) is 10.1. The third-order valence-corrected chi connectivity index (χ3v) is 5.96. The van der Waals surface area contributed by atoms with Crippen LogP contribution in [0.3, 0.4) is 0 Å². The standard InChI is InChI=1S/C23H27FN2O4.ClH/c1-28-18-3-4-20-16(14-18)6-12-30-23(20)7-10-26(11-8-23)22(27)19-15-17(24)2-5-21(19)29-13-9-25;/h2-5,14-15H,6-13,25H2,1H3;1H. The maximum Gasteiger partial charge on any atom is 0.257 e. The third kappa shape index (κ3) is 4.63. The molecule has 2 aromatic carbocycles. The first kappa shape index (κ1) is 23.3. The highest BCUT2D eigenvalue weighted by molar-refractivity contribution is 5.97. The number of carbonyl (C=O) groups excluding carboxylic acids is 1. The molecule has 1 saturated heterocycles. The second-order valence-electron chi connectivity index (χ2n) is 7.69. The summed E-state index contributed by atoms with van der Waals surface area (Å²) in [5.41, 5.74) is 7.75. The van der Waals surface area contributed by atoms with E-state index < -0.39 is 11.4 Å². The van der Waals surface area contributed by atoms with Gasteiger partial charge in [0.1, 0.15) is 23.9 Å². The van der Waals surface area contributed by atoms with Gasteiger partial charge >= 0.3 is 0 Å². The van der Waals surface area contributed by atoms with Gasteiger partial charge in [0.15, 0.2) is 0 Å². The molecule has 31 heavy (non-hydrogen) atoms.